The number of piperazine rings is 1. The number of amides is 2. The van der Waals surface area contributed by atoms with Crippen molar-refractivity contribution < 1.29 is 9.59 Å². The number of hydrogen-bond acceptors (Lipinski definition) is 7. The number of anilines is 3. The number of aromatic nitrogens is 3. The van der Waals surface area contributed by atoms with Gasteiger partial charge in [0.05, 0.1) is 15.4 Å². The Morgan fingerprint density at radius 2 is 1.60 bits per heavy atom. The summed E-state index contributed by atoms with van der Waals surface area (Å²) in [5.41, 5.74) is 4.41. The SMILES string of the molecule is Cc1cc(N2CCNCC2)ccc1NC(=O)c1ccc(C(=O)Nc2ccc(-n3cncn3)cc2)s1. The highest BCUT2D eigenvalue weighted by molar-refractivity contribution is 7.16. The Kier molecular flexibility index (Phi) is 6.55. The molecule has 35 heavy (non-hydrogen) atoms. The van der Waals surface area contributed by atoms with Crippen molar-refractivity contribution in [3.63, 3.8) is 0 Å². The second-order valence-corrected chi connectivity index (χ2v) is 9.28. The lowest BCUT2D eigenvalue weighted by Crippen LogP contribution is -2.43. The molecule has 1 saturated heterocycles. The number of rotatable bonds is 6. The first-order valence-corrected chi connectivity index (χ1v) is 12.1. The average Bonchev–Trinajstić information content (AvgIpc) is 3.59. The van der Waals surface area contributed by atoms with Crippen molar-refractivity contribution in [2.24, 2.45) is 0 Å². The van der Waals surface area contributed by atoms with Gasteiger partial charge in [-0.3, -0.25) is 9.59 Å². The molecule has 0 spiro atoms. The molecule has 0 unspecified atom stereocenters. The van der Waals surface area contributed by atoms with E-state index in [4.69, 9.17) is 0 Å². The molecule has 4 aromatic rings. The van der Waals surface area contributed by atoms with E-state index in [9.17, 15) is 9.59 Å². The van der Waals surface area contributed by atoms with Gasteiger partial charge in [-0.2, -0.15) is 5.10 Å². The lowest BCUT2D eigenvalue weighted by atomic mass is 10.1. The van der Waals surface area contributed by atoms with Crippen molar-refractivity contribution in [2.75, 3.05) is 41.7 Å². The third-order valence-electron chi connectivity index (χ3n) is 5.80. The summed E-state index contributed by atoms with van der Waals surface area (Å²) in [6, 6.07) is 16.7. The third kappa shape index (κ3) is 5.23. The first-order chi connectivity index (χ1) is 17.1. The maximum Gasteiger partial charge on any atom is 0.265 e. The van der Waals surface area contributed by atoms with E-state index in [2.05, 4.69) is 37.0 Å². The minimum Gasteiger partial charge on any atom is -0.369 e. The van der Waals surface area contributed by atoms with Crippen LogP contribution in [0.2, 0.25) is 0 Å². The lowest BCUT2D eigenvalue weighted by molar-refractivity contribution is 0.102. The van der Waals surface area contributed by atoms with Crippen molar-refractivity contribution in [3.8, 4) is 5.69 Å². The molecule has 1 aliphatic rings. The van der Waals surface area contributed by atoms with Crippen molar-refractivity contribution in [1.29, 1.82) is 0 Å². The van der Waals surface area contributed by atoms with Gasteiger partial charge in [0, 0.05) is 43.2 Å². The van der Waals surface area contributed by atoms with E-state index in [1.54, 1.807) is 35.3 Å². The summed E-state index contributed by atoms with van der Waals surface area (Å²) in [5.74, 6) is -0.497. The van der Waals surface area contributed by atoms with Crippen LogP contribution in [0.1, 0.15) is 24.9 Å². The number of thiophene rings is 1. The smallest absolute Gasteiger partial charge is 0.265 e. The number of aryl methyl sites for hydroxylation is 1. The van der Waals surface area contributed by atoms with Crippen LogP contribution in [0.15, 0.2) is 67.3 Å². The average molecular weight is 488 g/mol. The zero-order valence-electron chi connectivity index (χ0n) is 19.2. The Bertz CT molecular complexity index is 1330. The first kappa shape index (κ1) is 22.8. The summed E-state index contributed by atoms with van der Waals surface area (Å²) in [7, 11) is 0. The Balaban J connectivity index is 1.21. The van der Waals surface area contributed by atoms with Gasteiger partial charge in [-0.25, -0.2) is 9.67 Å². The van der Waals surface area contributed by atoms with Gasteiger partial charge >= 0.3 is 0 Å². The molecular weight excluding hydrogens is 462 g/mol. The molecular formula is C25H25N7O2S. The fourth-order valence-electron chi connectivity index (χ4n) is 3.91. The maximum atomic E-state index is 12.8. The summed E-state index contributed by atoms with van der Waals surface area (Å²) in [6.45, 7) is 5.87. The van der Waals surface area contributed by atoms with Crippen LogP contribution in [0.5, 0.6) is 0 Å². The number of hydrogen-bond donors (Lipinski definition) is 3. The van der Waals surface area contributed by atoms with E-state index in [1.807, 2.05) is 31.2 Å². The van der Waals surface area contributed by atoms with Crippen LogP contribution in [-0.4, -0.2) is 52.8 Å². The molecule has 1 fully saturated rings. The summed E-state index contributed by atoms with van der Waals surface area (Å²) >= 11 is 1.16. The number of nitrogens with zero attached hydrogens (tertiary/aromatic N) is 4. The Morgan fingerprint density at radius 3 is 2.26 bits per heavy atom. The van der Waals surface area contributed by atoms with E-state index < -0.39 is 0 Å². The van der Waals surface area contributed by atoms with Crippen molar-refractivity contribution in [1.82, 2.24) is 20.1 Å². The van der Waals surface area contributed by atoms with E-state index in [-0.39, 0.29) is 11.8 Å². The minimum absolute atomic E-state index is 0.232. The Hall–Kier alpha value is -4.02. The molecule has 0 saturated carbocycles. The molecule has 3 N–H and O–H groups in total. The van der Waals surface area contributed by atoms with Crippen molar-refractivity contribution >= 4 is 40.2 Å². The van der Waals surface area contributed by atoms with Crippen molar-refractivity contribution in [3.05, 3.63) is 82.6 Å². The number of carbonyl (C=O) groups excluding carboxylic acids is 2. The highest BCUT2D eigenvalue weighted by atomic mass is 32.1. The van der Waals surface area contributed by atoms with Crippen LogP contribution in [-0.2, 0) is 0 Å². The van der Waals surface area contributed by atoms with Gasteiger partial charge in [0.2, 0.25) is 0 Å². The molecule has 1 aliphatic heterocycles. The topological polar surface area (TPSA) is 104 Å². The van der Waals surface area contributed by atoms with Crippen molar-refractivity contribution in [2.45, 2.75) is 6.92 Å². The van der Waals surface area contributed by atoms with E-state index >= 15 is 0 Å². The van der Waals surface area contributed by atoms with Gasteiger partial charge in [0.15, 0.2) is 0 Å². The van der Waals surface area contributed by atoms with Gasteiger partial charge in [0.1, 0.15) is 12.7 Å². The number of carbonyl (C=O) groups is 2. The summed E-state index contributed by atoms with van der Waals surface area (Å²) in [4.78, 5) is 32.7. The first-order valence-electron chi connectivity index (χ1n) is 11.3. The molecule has 10 heteroatoms. The van der Waals surface area contributed by atoms with Gasteiger partial charge in [-0.15, -0.1) is 11.3 Å². The van der Waals surface area contributed by atoms with Crippen LogP contribution in [0, 0.1) is 6.92 Å². The van der Waals surface area contributed by atoms with E-state index in [1.165, 1.54) is 6.33 Å². The zero-order chi connectivity index (χ0) is 24.2. The minimum atomic E-state index is -0.265. The molecule has 0 aliphatic carbocycles. The second-order valence-electron chi connectivity index (χ2n) is 8.20. The molecule has 5 rings (SSSR count). The van der Waals surface area contributed by atoms with Crippen LogP contribution < -0.4 is 20.9 Å². The molecule has 178 valence electrons. The molecule has 2 amide bonds. The number of benzene rings is 2. The molecule has 0 radical (unpaired) electrons. The molecule has 2 aromatic heterocycles. The van der Waals surface area contributed by atoms with Gasteiger partial charge in [0.25, 0.3) is 11.8 Å². The maximum absolute atomic E-state index is 12.8. The van der Waals surface area contributed by atoms with Gasteiger partial charge < -0.3 is 20.9 Å². The zero-order valence-corrected chi connectivity index (χ0v) is 20.0. The lowest BCUT2D eigenvalue weighted by Gasteiger charge is -2.30. The summed E-state index contributed by atoms with van der Waals surface area (Å²) in [6.07, 6.45) is 3.07. The van der Waals surface area contributed by atoms with Crippen LogP contribution >= 0.6 is 11.3 Å². The highest BCUT2D eigenvalue weighted by Crippen LogP contribution is 2.25. The Morgan fingerprint density at radius 1 is 0.914 bits per heavy atom. The summed E-state index contributed by atoms with van der Waals surface area (Å²) in [5, 5.41) is 13.3. The fourth-order valence-corrected chi connectivity index (χ4v) is 4.70. The van der Waals surface area contributed by atoms with Crippen LogP contribution in [0.25, 0.3) is 5.69 Å². The number of nitrogens with one attached hydrogen (secondary N) is 3. The van der Waals surface area contributed by atoms with Gasteiger partial charge in [-0.1, -0.05) is 0 Å². The quantitative estimate of drug-likeness (QED) is 0.384. The fraction of sp³-hybridized carbons (Fsp3) is 0.200. The molecule has 3 heterocycles. The highest BCUT2D eigenvalue weighted by Gasteiger charge is 2.16. The monoisotopic (exact) mass is 487 g/mol. The predicted octanol–water partition coefficient (Wildman–Crippen LogP) is 3.55. The molecule has 0 bridgehead atoms. The second kappa shape index (κ2) is 10.1. The standard InChI is InChI=1S/C25H25N7O2S/c1-17-14-20(31-12-10-26-11-13-31)6-7-21(17)30-25(34)23-9-8-22(35-23)24(33)29-18-2-4-19(5-3-18)32-16-27-15-28-32/h2-9,14-16,26H,10-13H2,1H3,(H,29,33)(H,30,34). The molecule has 9 nitrogen and oxygen atoms in total. The Labute approximate surface area is 206 Å². The van der Waals surface area contributed by atoms with E-state index in [0.717, 1.165) is 60.1 Å². The van der Waals surface area contributed by atoms with Crippen LogP contribution in [0.3, 0.4) is 0 Å². The predicted molar refractivity (Wildman–Crippen MR) is 138 cm³/mol. The summed E-state index contributed by atoms with van der Waals surface area (Å²) < 4.78 is 1.64. The molecule has 0 atom stereocenters. The van der Waals surface area contributed by atoms with Gasteiger partial charge in [-0.05, 0) is 67.1 Å². The normalized spacial score (nSPS) is 13.5. The molecule has 2 aromatic carbocycles. The van der Waals surface area contributed by atoms with E-state index in [0.29, 0.717) is 15.4 Å². The largest absolute Gasteiger partial charge is 0.369 e. The third-order valence-corrected chi connectivity index (χ3v) is 6.89. The van der Waals surface area contributed by atoms with Crippen LogP contribution in [0.4, 0.5) is 17.1 Å².